The van der Waals surface area contributed by atoms with Crippen molar-refractivity contribution >= 4 is 33.3 Å². The summed E-state index contributed by atoms with van der Waals surface area (Å²) in [6, 6.07) is 6.55. The fraction of sp³-hybridized carbons (Fsp3) is 0.619. The summed E-state index contributed by atoms with van der Waals surface area (Å²) in [4.78, 5) is 29.7. The van der Waals surface area contributed by atoms with E-state index in [0.29, 0.717) is 36.6 Å². The number of carbonyl (C=O) groups excluding carboxylic acids is 2. The third-order valence-electron chi connectivity index (χ3n) is 5.83. The highest BCUT2D eigenvalue weighted by molar-refractivity contribution is 7.91. The fourth-order valence-corrected chi connectivity index (χ4v) is 6.05. The third-order valence-corrected chi connectivity index (χ3v) is 7.84. The largest absolute Gasteiger partial charge is 0.338 e. The molecule has 6 nitrogen and oxygen atoms in total. The quantitative estimate of drug-likeness (QED) is 0.681. The first kappa shape index (κ1) is 22.1. The summed E-state index contributed by atoms with van der Waals surface area (Å²) in [6.45, 7) is 3.64. The Labute approximate surface area is 178 Å². The average Bonchev–Trinajstić information content (AvgIpc) is 3.07. The van der Waals surface area contributed by atoms with Gasteiger partial charge in [0.15, 0.2) is 9.84 Å². The van der Waals surface area contributed by atoms with Gasteiger partial charge in [-0.1, -0.05) is 24.9 Å². The second kappa shape index (κ2) is 9.47. The Morgan fingerprint density at radius 2 is 1.93 bits per heavy atom. The normalized spacial score (nSPS) is 23.7. The molecular formula is C21H29ClN2O4S. The molecule has 2 amide bonds. The Morgan fingerprint density at radius 3 is 2.55 bits per heavy atom. The van der Waals surface area contributed by atoms with Gasteiger partial charge in [-0.15, -0.1) is 0 Å². The zero-order valence-electron chi connectivity index (χ0n) is 16.8. The van der Waals surface area contributed by atoms with E-state index in [4.69, 9.17) is 11.6 Å². The number of hydrogen-bond donors (Lipinski definition) is 0. The van der Waals surface area contributed by atoms with Gasteiger partial charge in [0.2, 0.25) is 5.91 Å². The summed E-state index contributed by atoms with van der Waals surface area (Å²) in [7, 11) is -3.06. The van der Waals surface area contributed by atoms with Gasteiger partial charge < -0.3 is 9.80 Å². The maximum Gasteiger partial charge on any atom is 0.253 e. The molecule has 1 aromatic rings. The van der Waals surface area contributed by atoms with Crippen LogP contribution in [0.2, 0.25) is 5.02 Å². The summed E-state index contributed by atoms with van der Waals surface area (Å²) in [6.07, 6.45) is 3.79. The van der Waals surface area contributed by atoms with Gasteiger partial charge >= 0.3 is 0 Å². The molecule has 2 fully saturated rings. The van der Waals surface area contributed by atoms with Crippen LogP contribution >= 0.6 is 11.6 Å². The van der Waals surface area contributed by atoms with Gasteiger partial charge in [0.25, 0.3) is 5.91 Å². The second-order valence-corrected chi connectivity index (χ2v) is 10.7. The molecule has 0 saturated carbocycles. The number of rotatable bonds is 6. The molecule has 0 aromatic heterocycles. The number of benzene rings is 1. The lowest BCUT2D eigenvalue weighted by atomic mass is 9.95. The van der Waals surface area contributed by atoms with Gasteiger partial charge in [-0.25, -0.2) is 8.42 Å². The predicted octanol–water partition coefficient (Wildman–Crippen LogP) is 3.01. The molecule has 29 heavy (non-hydrogen) atoms. The summed E-state index contributed by atoms with van der Waals surface area (Å²) >= 11 is 5.91. The van der Waals surface area contributed by atoms with E-state index in [1.165, 1.54) is 0 Å². The van der Waals surface area contributed by atoms with Crippen LogP contribution in [0.1, 0.15) is 49.4 Å². The Bertz CT molecular complexity index is 841. The molecular weight excluding hydrogens is 412 g/mol. The SMILES string of the molecule is CCCCN(C(=O)C1CCCN(C(=O)c2ccc(Cl)cc2)C1)C1CCS(=O)(=O)C1. The number of piperidine rings is 1. The molecule has 2 aliphatic heterocycles. The minimum Gasteiger partial charge on any atom is -0.338 e. The molecule has 2 aliphatic rings. The van der Waals surface area contributed by atoms with Crippen molar-refractivity contribution in [1.29, 1.82) is 0 Å². The zero-order valence-corrected chi connectivity index (χ0v) is 18.4. The van der Waals surface area contributed by atoms with Crippen molar-refractivity contribution in [1.82, 2.24) is 9.80 Å². The molecule has 0 N–H and O–H groups in total. The van der Waals surface area contributed by atoms with Gasteiger partial charge in [-0.05, 0) is 49.9 Å². The number of sulfone groups is 1. The third kappa shape index (κ3) is 5.51. The minimum absolute atomic E-state index is 0.00541. The number of halogens is 1. The lowest BCUT2D eigenvalue weighted by Crippen LogP contribution is -2.50. The van der Waals surface area contributed by atoms with E-state index >= 15 is 0 Å². The highest BCUT2D eigenvalue weighted by Gasteiger charge is 2.38. The van der Waals surface area contributed by atoms with E-state index in [2.05, 4.69) is 6.92 Å². The molecule has 1 aromatic carbocycles. The molecule has 8 heteroatoms. The molecule has 2 heterocycles. The Kier molecular flexibility index (Phi) is 7.22. The first-order chi connectivity index (χ1) is 13.8. The number of unbranched alkanes of at least 4 members (excludes halogenated alkanes) is 1. The first-order valence-electron chi connectivity index (χ1n) is 10.4. The van der Waals surface area contributed by atoms with Gasteiger partial charge in [-0.2, -0.15) is 0 Å². The molecule has 0 radical (unpaired) electrons. The summed E-state index contributed by atoms with van der Waals surface area (Å²) in [5.74, 6) is -0.167. The summed E-state index contributed by atoms with van der Waals surface area (Å²) in [5, 5.41) is 0.575. The van der Waals surface area contributed by atoms with E-state index in [0.717, 1.165) is 25.7 Å². The van der Waals surface area contributed by atoms with E-state index in [1.807, 2.05) is 0 Å². The minimum atomic E-state index is -3.06. The monoisotopic (exact) mass is 440 g/mol. The van der Waals surface area contributed by atoms with Crippen molar-refractivity contribution in [2.45, 2.75) is 45.1 Å². The smallest absolute Gasteiger partial charge is 0.253 e. The van der Waals surface area contributed by atoms with Gasteiger partial charge in [-0.3, -0.25) is 9.59 Å². The molecule has 2 saturated heterocycles. The number of nitrogens with zero attached hydrogens (tertiary/aromatic N) is 2. The first-order valence-corrected chi connectivity index (χ1v) is 12.6. The zero-order chi connectivity index (χ0) is 21.0. The number of hydrogen-bond acceptors (Lipinski definition) is 4. The van der Waals surface area contributed by atoms with Crippen LogP contribution < -0.4 is 0 Å². The van der Waals surface area contributed by atoms with Crippen LogP contribution in [0.5, 0.6) is 0 Å². The summed E-state index contributed by atoms with van der Waals surface area (Å²) < 4.78 is 23.9. The van der Waals surface area contributed by atoms with E-state index in [9.17, 15) is 18.0 Å². The van der Waals surface area contributed by atoms with Crippen molar-refractivity contribution in [2.24, 2.45) is 5.92 Å². The highest BCUT2D eigenvalue weighted by Crippen LogP contribution is 2.25. The van der Waals surface area contributed by atoms with Gasteiger partial charge in [0.1, 0.15) is 0 Å². The lowest BCUT2D eigenvalue weighted by Gasteiger charge is -2.37. The van der Waals surface area contributed by atoms with Crippen molar-refractivity contribution in [3.8, 4) is 0 Å². The van der Waals surface area contributed by atoms with E-state index in [-0.39, 0.29) is 35.3 Å². The fourth-order valence-electron chi connectivity index (χ4n) is 4.20. The van der Waals surface area contributed by atoms with Crippen molar-refractivity contribution in [3.05, 3.63) is 34.9 Å². The Morgan fingerprint density at radius 1 is 1.21 bits per heavy atom. The number of carbonyl (C=O) groups is 2. The van der Waals surface area contributed by atoms with Gasteiger partial charge in [0.05, 0.1) is 17.4 Å². The molecule has 160 valence electrons. The standard InChI is InChI=1S/C21H29ClN2O4S/c1-2-3-12-24(19-10-13-29(27,28)15-19)21(26)17-5-4-11-23(14-17)20(25)16-6-8-18(22)9-7-16/h6-9,17,19H,2-5,10-15H2,1H3. The Hall–Kier alpha value is -1.60. The van der Waals surface area contributed by atoms with Crippen LogP contribution in [0.3, 0.4) is 0 Å². The topological polar surface area (TPSA) is 74.8 Å². The van der Waals surface area contributed by atoms with Crippen molar-refractivity contribution < 1.29 is 18.0 Å². The summed E-state index contributed by atoms with van der Waals surface area (Å²) in [5.41, 5.74) is 0.562. The molecule has 3 rings (SSSR count). The predicted molar refractivity (Wildman–Crippen MR) is 114 cm³/mol. The van der Waals surface area contributed by atoms with Crippen LogP contribution in [0.4, 0.5) is 0 Å². The number of likely N-dealkylation sites (tertiary alicyclic amines) is 1. The van der Waals surface area contributed by atoms with E-state index < -0.39 is 9.84 Å². The van der Waals surface area contributed by atoms with Gasteiger partial charge in [0, 0.05) is 36.3 Å². The maximum absolute atomic E-state index is 13.3. The molecule has 2 atom stereocenters. The molecule has 0 spiro atoms. The van der Waals surface area contributed by atoms with Crippen LogP contribution in [-0.2, 0) is 14.6 Å². The van der Waals surface area contributed by atoms with Crippen LogP contribution in [0.25, 0.3) is 0 Å². The average molecular weight is 441 g/mol. The van der Waals surface area contributed by atoms with Crippen LogP contribution in [0, 0.1) is 5.92 Å². The second-order valence-electron chi connectivity index (χ2n) is 8.04. The molecule has 0 aliphatic carbocycles. The van der Waals surface area contributed by atoms with E-state index in [1.54, 1.807) is 34.1 Å². The van der Waals surface area contributed by atoms with Crippen molar-refractivity contribution in [3.63, 3.8) is 0 Å². The van der Waals surface area contributed by atoms with Crippen LogP contribution in [0.15, 0.2) is 24.3 Å². The lowest BCUT2D eigenvalue weighted by molar-refractivity contribution is -0.139. The maximum atomic E-state index is 13.3. The van der Waals surface area contributed by atoms with Crippen LogP contribution in [-0.4, -0.2) is 67.2 Å². The highest BCUT2D eigenvalue weighted by atomic mass is 35.5. The molecule has 0 bridgehead atoms. The van der Waals surface area contributed by atoms with Crippen molar-refractivity contribution in [2.75, 3.05) is 31.1 Å². The molecule has 2 unspecified atom stereocenters. The Balaban J connectivity index is 1.70. The number of amides is 2.